The van der Waals surface area contributed by atoms with Crippen LogP contribution in [0.3, 0.4) is 0 Å². The summed E-state index contributed by atoms with van der Waals surface area (Å²) in [6.45, 7) is -0.613. The van der Waals surface area contributed by atoms with E-state index in [2.05, 4.69) is 4.98 Å². The number of ether oxygens (including phenoxy) is 1. The Balaban J connectivity index is 2.22. The number of carbonyl (C=O) groups is 2. The van der Waals surface area contributed by atoms with Crippen molar-refractivity contribution in [3.05, 3.63) is 41.6 Å². The summed E-state index contributed by atoms with van der Waals surface area (Å²) in [6.07, 6.45) is 1.53. The van der Waals surface area contributed by atoms with Crippen molar-refractivity contribution in [2.45, 2.75) is 0 Å². The van der Waals surface area contributed by atoms with Gasteiger partial charge < -0.3 is 14.9 Å². The largest absolute Gasteiger partial charge is 0.504 e. The van der Waals surface area contributed by atoms with Crippen molar-refractivity contribution in [2.75, 3.05) is 11.4 Å². The number of aliphatic carboxylic acids is 1. The predicted molar refractivity (Wildman–Crippen MR) is 78.5 cm³/mol. The molecule has 0 aliphatic heterocycles. The number of carbonyl (C=O) groups excluding carboxylic acids is 1. The minimum atomic E-state index is -1.23. The number of carboxylic acid groups (broad SMARTS) is 1. The van der Waals surface area contributed by atoms with Crippen LogP contribution >= 0.6 is 11.6 Å². The van der Waals surface area contributed by atoms with E-state index in [0.29, 0.717) is 10.8 Å². The number of aromatic nitrogens is 1. The lowest BCUT2D eigenvalue weighted by Crippen LogP contribution is -2.28. The number of hydrogen-bond donors (Lipinski definition) is 2. The molecule has 2 N–H and O–H groups in total. The van der Waals surface area contributed by atoms with Gasteiger partial charge in [0.05, 0.1) is 6.20 Å². The third-order valence-electron chi connectivity index (χ3n) is 2.56. The molecule has 0 aliphatic rings. The molecule has 0 saturated carbocycles. The molecule has 114 valence electrons. The van der Waals surface area contributed by atoms with Crippen LogP contribution in [0.25, 0.3) is 0 Å². The van der Waals surface area contributed by atoms with Gasteiger partial charge in [-0.3, -0.25) is 14.5 Å². The molecule has 1 heterocycles. The lowest BCUT2D eigenvalue weighted by atomic mass is 10.3. The van der Waals surface area contributed by atoms with E-state index in [1.807, 2.05) is 0 Å². The highest BCUT2D eigenvalue weighted by molar-refractivity contribution is 6.30. The maximum absolute atomic E-state index is 10.9. The highest BCUT2D eigenvalue weighted by atomic mass is 35.5. The standard InChI is InChI=1S/C14H11ClN2O5/c15-9-2-1-3-10(4-9)22-11-5-12(19)14(16-6-11)17(8-18)7-13(20)21/h1-6,8,19H,7H2,(H,20,21). The van der Waals surface area contributed by atoms with Gasteiger partial charge in [0.25, 0.3) is 0 Å². The van der Waals surface area contributed by atoms with Crippen molar-refractivity contribution in [1.82, 2.24) is 4.98 Å². The average Bonchev–Trinajstić information content (AvgIpc) is 2.45. The molecular weight excluding hydrogens is 312 g/mol. The zero-order valence-corrected chi connectivity index (χ0v) is 11.9. The summed E-state index contributed by atoms with van der Waals surface area (Å²) in [7, 11) is 0. The first-order valence-corrected chi connectivity index (χ1v) is 6.43. The summed E-state index contributed by atoms with van der Waals surface area (Å²) in [6, 6.07) is 7.84. The summed E-state index contributed by atoms with van der Waals surface area (Å²) in [5.41, 5.74) is 0. The zero-order valence-electron chi connectivity index (χ0n) is 11.1. The van der Waals surface area contributed by atoms with Crippen LogP contribution in [0.1, 0.15) is 0 Å². The Kier molecular flexibility index (Phi) is 4.80. The molecule has 8 heteroatoms. The minimum Gasteiger partial charge on any atom is -0.504 e. The Morgan fingerprint density at radius 1 is 1.36 bits per heavy atom. The second-order valence-corrected chi connectivity index (χ2v) is 4.64. The highest BCUT2D eigenvalue weighted by Gasteiger charge is 2.16. The Bertz CT molecular complexity index is 707. The molecule has 2 aromatic rings. The summed E-state index contributed by atoms with van der Waals surface area (Å²) in [5, 5.41) is 19.1. The van der Waals surface area contributed by atoms with Crippen molar-refractivity contribution >= 4 is 29.8 Å². The van der Waals surface area contributed by atoms with Gasteiger partial charge in [0.15, 0.2) is 11.6 Å². The number of carboxylic acids is 1. The molecular formula is C14H11ClN2O5. The summed E-state index contributed by atoms with van der Waals surface area (Å²) < 4.78 is 5.46. The number of nitrogens with zero attached hydrogens (tertiary/aromatic N) is 2. The molecule has 2 rings (SSSR count). The maximum atomic E-state index is 10.9. The Hall–Kier alpha value is -2.80. The van der Waals surface area contributed by atoms with Crippen LogP contribution in [0, 0.1) is 0 Å². The molecule has 0 spiro atoms. The van der Waals surface area contributed by atoms with Gasteiger partial charge in [-0.2, -0.15) is 0 Å². The van der Waals surface area contributed by atoms with Crippen molar-refractivity contribution in [3.8, 4) is 17.2 Å². The number of benzene rings is 1. The molecule has 1 aromatic carbocycles. The maximum Gasteiger partial charge on any atom is 0.323 e. The third-order valence-corrected chi connectivity index (χ3v) is 2.79. The van der Waals surface area contributed by atoms with Crippen LogP contribution in [0.4, 0.5) is 5.82 Å². The molecule has 7 nitrogen and oxygen atoms in total. The van der Waals surface area contributed by atoms with E-state index < -0.39 is 12.5 Å². The molecule has 0 aliphatic carbocycles. The van der Waals surface area contributed by atoms with Gasteiger partial charge in [-0.25, -0.2) is 4.98 Å². The zero-order chi connectivity index (χ0) is 16.1. The summed E-state index contributed by atoms with van der Waals surface area (Å²) in [4.78, 5) is 26.1. The normalized spacial score (nSPS) is 10.0. The van der Waals surface area contributed by atoms with Crippen molar-refractivity contribution < 1.29 is 24.5 Å². The van der Waals surface area contributed by atoms with E-state index >= 15 is 0 Å². The van der Waals surface area contributed by atoms with Gasteiger partial charge >= 0.3 is 5.97 Å². The monoisotopic (exact) mass is 322 g/mol. The van der Waals surface area contributed by atoms with E-state index in [4.69, 9.17) is 21.4 Å². The van der Waals surface area contributed by atoms with E-state index in [9.17, 15) is 14.7 Å². The topological polar surface area (TPSA) is 100.0 Å². The van der Waals surface area contributed by atoms with Crippen molar-refractivity contribution in [3.63, 3.8) is 0 Å². The minimum absolute atomic E-state index is 0.171. The fourth-order valence-electron chi connectivity index (χ4n) is 1.68. The van der Waals surface area contributed by atoms with Crippen molar-refractivity contribution in [2.24, 2.45) is 0 Å². The van der Waals surface area contributed by atoms with Crippen LogP contribution in [0.15, 0.2) is 36.5 Å². The first kappa shape index (κ1) is 15.6. The van der Waals surface area contributed by atoms with Gasteiger partial charge in [-0.05, 0) is 18.2 Å². The second-order valence-electron chi connectivity index (χ2n) is 4.20. The Morgan fingerprint density at radius 3 is 2.73 bits per heavy atom. The fraction of sp³-hybridized carbons (Fsp3) is 0.0714. The lowest BCUT2D eigenvalue weighted by Gasteiger charge is -2.15. The lowest BCUT2D eigenvalue weighted by molar-refractivity contribution is -0.136. The molecule has 22 heavy (non-hydrogen) atoms. The smallest absolute Gasteiger partial charge is 0.323 e. The number of halogens is 1. The molecule has 0 fully saturated rings. The van der Waals surface area contributed by atoms with Crippen LogP contribution < -0.4 is 9.64 Å². The first-order chi connectivity index (χ1) is 10.5. The molecule has 0 saturated heterocycles. The number of rotatable bonds is 6. The molecule has 1 aromatic heterocycles. The number of amides is 1. The molecule has 0 radical (unpaired) electrons. The van der Waals surface area contributed by atoms with Gasteiger partial charge in [0.1, 0.15) is 18.0 Å². The second kappa shape index (κ2) is 6.77. The van der Waals surface area contributed by atoms with Crippen molar-refractivity contribution in [1.29, 1.82) is 0 Å². The van der Waals surface area contributed by atoms with E-state index in [1.54, 1.807) is 24.3 Å². The average molecular weight is 323 g/mol. The predicted octanol–water partition coefficient (Wildman–Crippen LogP) is 2.28. The van der Waals surface area contributed by atoms with Gasteiger partial charge in [-0.1, -0.05) is 17.7 Å². The van der Waals surface area contributed by atoms with Gasteiger partial charge in [0, 0.05) is 11.1 Å². The van der Waals surface area contributed by atoms with Gasteiger partial charge in [-0.15, -0.1) is 0 Å². The number of anilines is 1. The van der Waals surface area contributed by atoms with Crippen LogP contribution in [0.5, 0.6) is 17.2 Å². The van der Waals surface area contributed by atoms with Gasteiger partial charge in [0.2, 0.25) is 6.41 Å². The SMILES string of the molecule is O=CN(CC(=O)O)c1ncc(Oc2cccc(Cl)c2)cc1O. The van der Waals surface area contributed by atoms with E-state index in [1.165, 1.54) is 12.3 Å². The molecule has 0 bridgehead atoms. The number of pyridine rings is 1. The summed E-state index contributed by atoms with van der Waals surface area (Å²) >= 11 is 5.83. The quantitative estimate of drug-likeness (QED) is 0.791. The summed E-state index contributed by atoms with van der Waals surface area (Å²) in [5.74, 6) is -1.12. The number of hydrogen-bond acceptors (Lipinski definition) is 5. The Morgan fingerprint density at radius 2 is 2.14 bits per heavy atom. The van der Waals surface area contributed by atoms with E-state index in [-0.39, 0.29) is 23.7 Å². The van der Waals surface area contributed by atoms with E-state index in [0.717, 1.165) is 4.90 Å². The fourth-order valence-corrected chi connectivity index (χ4v) is 1.86. The highest BCUT2D eigenvalue weighted by Crippen LogP contribution is 2.31. The molecule has 0 unspecified atom stereocenters. The first-order valence-electron chi connectivity index (χ1n) is 6.06. The third kappa shape index (κ3) is 3.86. The van der Waals surface area contributed by atoms with Crippen LogP contribution in [-0.4, -0.2) is 34.1 Å². The van der Waals surface area contributed by atoms with Crippen LogP contribution in [-0.2, 0) is 9.59 Å². The molecule has 1 amide bonds. The Labute approximate surface area is 130 Å². The molecule has 0 atom stereocenters. The number of aromatic hydroxyl groups is 1. The van der Waals surface area contributed by atoms with Crippen LogP contribution in [0.2, 0.25) is 5.02 Å².